The third-order valence-corrected chi connectivity index (χ3v) is 13.8. The highest BCUT2D eigenvalue weighted by atomic mass is 16.3. The lowest BCUT2D eigenvalue weighted by molar-refractivity contribution is -0.123. The van der Waals surface area contributed by atoms with Crippen LogP contribution in [0.3, 0.4) is 0 Å². The minimum atomic E-state index is -0.870. The lowest BCUT2D eigenvalue weighted by Crippen LogP contribution is -2.45. The minimum absolute atomic E-state index is 0.0767. The number of aliphatic hydroxyl groups is 2. The van der Waals surface area contributed by atoms with Crippen LogP contribution in [0.1, 0.15) is 303 Å². The summed E-state index contributed by atoms with van der Waals surface area (Å²) < 4.78 is 0. The summed E-state index contributed by atoms with van der Waals surface area (Å²) in [5.74, 6) is -0.0767. The Morgan fingerprint density at radius 1 is 0.352 bits per heavy atom. The van der Waals surface area contributed by atoms with E-state index in [-0.39, 0.29) is 12.5 Å². The monoisotopic (exact) mass is 986 g/mol. The molecule has 410 valence electrons. The van der Waals surface area contributed by atoms with Crippen molar-refractivity contribution in [1.82, 2.24) is 5.32 Å². The Morgan fingerprint density at radius 3 is 0.986 bits per heavy atom. The van der Waals surface area contributed by atoms with Gasteiger partial charge in [0.15, 0.2) is 0 Å². The summed E-state index contributed by atoms with van der Waals surface area (Å²) in [5.41, 5.74) is 0. The molecule has 4 nitrogen and oxygen atoms in total. The molecule has 0 aliphatic heterocycles. The molecule has 0 aliphatic carbocycles. The molecule has 1 amide bonds. The molecule has 0 saturated heterocycles. The summed E-state index contributed by atoms with van der Waals surface area (Å²) in [5, 5.41) is 23.2. The van der Waals surface area contributed by atoms with Gasteiger partial charge in [0.25, 0.3) is 0 Å². The number of hydrogen-bond acceptors (Lipinski definition) is 3. The van der Waals surface area contributed by atoms with Gasteiger partial charge >= 0.3 is 0 Å². The molecule has 0 spiro atoms. The van der Waals surface area contributed by atoms with Crippen LogP contribution in [0.5, 0.6) is 0 Å². The number of nitrogens with one attached hydrogen (secondary N) is 1. The topological polar surface area (TPSA) is 69.6 Å². The minimum Gasteiger partial charge on any atom is -0.394 e. The lowest BCUT2D eigenvalue weighted by atomic mass is 10.0. The second-order valence-corrected chi connectivity index (χ2v) is 20.7. The van der Waals surface area contributed by atoms with Crippen LogP contribution in [0.4, 0.5) is 0 Å². The Balaban J connectivity index is 3.55. The van der Waals surface area contributed by atoms with Crippen molar-refractivity contribution in [2.24, 2.45) is 0 Å². The Labute approximate surface area is 443 Å². The second kappa shape index (κ2) is 61.6. The van der Waals surface area contributed by atoms with Gasteiger partial charge in [-0.05, 0) is 83.5 Å². The van der Waals surface area contributed by atoms with Crippen LogP contribution in [0.15, 0.2) is 97.2 Å². The summed E-state index contributed by atoms with van der Waals surface area (Å²) in [6.45, 7) is 4.20. The molecule has 71 heavy (non-hydrogen) atoms. The summed E-state index contributed by atoms with van der Waals surface area (Å²) in [6.07, 6.45) is 91.6. The molecule has 0 rings (SSSR count). The maximum absolute atomic E-state index is 12.5. The molecule has 0 aromatic carbocycles. The first-order chi connectivity index (χ1) is 35.2. The summed E-state index contributed by atoms with van der Waals surface area (Å²) in [6, 6.07) is -0.647. The van der Waals surface area contributed by atoms with Crippen molar-refractivity contribution in [3.8, 4) is 0 Å². The number of unbranched alkanes of at least 4 members (excludes halogenated alkanes) is 35. The van der Waals surface area contributed by atoms with Crippen LogP contribution in [-0.4, -0.2) is 34.9 Å². The highest BCUT2D eigenvalue weighted by Crippen LogP contribution is 2.17. The van der Waals surface area contributed by atoms with E-state index in [2.05, 4.69) is 104 Å². The fourth-order valence-electron chi connectivity index (χ4n) is 9.14. The molecule has 0 aromatic rings. The molecule has 0 aliphatic rings. The first kappa shape index (κ1) is 68.3. The average molecular weight is 987 g/mol. The van der Waals surface area contributed by atoms with Crippen molar-refractivity contribution in [3.63, 3.8) is 0 Å². The predicted molar refractivity (Wildman–Crippen MR) is 317 cm³/mol. The quantitative estimate of drug-likeness (QED) is 0.0420. The molecule has 2 unspecified atom stereocenters. The highest BCUT2D eigenvalue weighted by Gasteiger charge is 2.18. The van der Waals surface area contributed by atoms with Crippen LogP contribution < -0.4 is 5.32 Å². The maximum Gasteiger partial charge on any atom is 0.220 e. The molecule has 2 atom stereocenters. The Morgan fingerprint density at radius 2 is 0.634 bits per heavy atom. The van der Waals surface area contributed by atoms with Crippen molar-refractivity contribution in [2.75, 3.05) is 6.61 Å². The van der Waals surface area contributed by atoms with E-state index in [0.29, 0.717) is 6.42 Å². The van der Waals surface area contributed by atoms with Gasteiger partial charge in [-0.25, -0.2) is 0 Å². The standard InChI is InChI=1S/C67H119NO3/c1-3-5-7-9-11-13-15-17-19-21-23-25-27-29-31-33-34-35-37-39-41-43-45-47-49-51-53-55-57-59-61-63-67(71)68-65(64-69)66(70)62-60-58-56-54-52-50-48-46-44-42-40-38-36-32-30-28-26-24-22-20-18-16-14-12-10-8-6-4-2/h5,7,11,13,17,19,23,25,29,31,34-35,52,54,60,62,65-66,69-70H,3-4,6,8-10,12,14-16,18,20-22,24,26-28,30,32-33,36-51,53,55-59,61,63-64H2,1-2H3,(H,68,71)/b7-5-,13-11-,19-17-,25-23-,31-29-,35-34-,54-52+,62-60+. The van der Waals surface area contributed by atoms with Crippen LogP contribution >= 0.6 is 0 Å². The number of carbonyl (C=O) groups excluding carboxylic acids is 1. The smallest absolute Gasteiger partial charge is 0.220 e. The van der Waals surface area contributed by atoms with Crippen molar-refractivity contribution in [2.45, 2.75) is 315 Å². The lowest BCUT2D eigenvalue weighted by Gasteiger charge is -2.19. The van der Waals surface area contributed by atoms with Crippen molar-refractivity contribution < 1.29 is 15.0 Å². The molecule has 0 bridgehead atoms. The van der Waals surface area contributed by atoms with Crippen LogP contribution in [-0.2, 0) is 4.79 Å². The Hall–Kier alpha value is -2.69. The van der Waals surface area contributed by atoms with Crippen LogP contribution in [0, 0.1) is 0 Å². The van der Waals surface area contributed by atoms with Gasteiger partial charge in [0.2, 0.25) is 5.91 Å². The molecule has 0 radical (unpaired) electrons. The van der Waals surface area contributed by atoms with E-state index in [9.17, 15) is 15.0 Å². The van der Waals surface area contributed by atoms with E-state index in [1.165, 1.54) is 212 Å². The van der Waals surface area contributed by atoms with E-state index in [1.807, 2.05) is 6.08 Å². The second-order valence-electron chi connectivity index (χ2n) is 20.7. The highest BCUT2D eigenvalue weighted by molar-refractivity contribution is 5.76. The third kappa shape index (κ3) is 58.1. The molecule has 0 heterocycles. The van der Waals surface area contributed by atoms with Gasteiger partial charge in [0, 0.05) is 6.42 Å². The number of amides is 1. The first-order valence-corrected chi connectivity index (χ1v) is 31.0. The van der Waals surface area contributed by atoms with Crippen LogP contribution in [0.25, 0.3) is 0 Å². The number of hydrogen-bond donors (Lipinski definition) is 3. The van der Waals surface area contributed by atoms with E-state index in [1.54, 1.807) is 6.08 Å². The van der Waals surface area contributed by atoms with Crippen LogP contribution in [0.2, 0.25) is 0 Å². The number of rotatable bonds is 56. The molecule has 0 aromatic heterocycles. The van der Waals surface area contributed by atoms with E-state index >= 15 is 0 Å². The number of aliphatic hydroxyl groups excluding tert-OH is 2. The summed E-state index contributed by atoms with van der Waals surface area (Å²) >= 11 is 0. The fraction of sp³-hybridized carbons (Fsp3) is 0.746. The molecular weight excluding hydrogens is 867 g/mol. The normalized spacial score (nSPS) is 13.5. The SMILES string of the molecule is CC/C=C\C/C=C\C/C=C\C/C=C\C/C=C\C/C=C\CCCCCCCCCCCCCCC(=O)NC(CO)C(O)/C=C/CC/C=C/CCCCCCCCCCCCCCCCCCCCCCCC. The Bertz CT molecular complexity index is 1300. The van der Waals surface area contributed by atoms with Gasteiger partial charge in [0.05, 0.1) is 18.8 Å². The van der Waals surface area contributed by atoms with E-state index < -0.39 is 12.1 Å². The van der Waals surface area contributed by atoms with Gasteiger partial charge in [0.1, 0.15) is 0 Å². The largest absolute Gasteiger partial charge is 0.394 e. The molecule has 4 heteroatoms. The van der Waals surface area contributed by atoms with Crippen molar-refractivity contribution in [3.05, 3.63) is 97.2 Å². The van der Waals surface area contributed by atoms with E-state index in [0.717, 1.165) is 70.6 Å². The molecule has 0 fully saturated rings. The molecule has 3 N–H and O–H groups in total. The molecular formula is C67H119NO3. The molecule has 0 saturated carbocycles. The predicted octanol–water partition coefficient (Wildman–Crippen LogP) is 20.9. The maximum atomic E-state index is 12.5. The van der Waals surface area contributed by atoms with Gasteiger partial charge in [-0.3, -0.25) is 4.79 Å². The summed E-state index contributed by atoms with van der Waals surface area (Å²) in [7, 11) is 0. The Kier molecular flexibility index (Phi) is 59.3. The fourth-order valence-corrected chi connectivity index (χ4v) is 9.14. The zero-order valence-corrected chi connectivity index (χ0v) is 47.2. The van der Waals surface area contributed by atoms with Gasteiger partial charge in [-0.15, -0.1) is 0 Å². The zero-order valence-electron chi connectivity index (χ0n) is 47.2. The average Bonchev–Trinajstić information content (AvgIpc) is 3.37. The van der Waals surface area contributed by atoms with Gasteiger partial charge < -0.3 is 15.5 Å². The summed E-state index contributed by atoms with van der Waals surface area (Å²) in [4.78, 5) is 12.5. The van der Waals surface area contributed by atoms with Crippen molar-refractivity contribution in [1.29, 1.82) is 0 Å². The number of carbonyl (C=O) groups is 1. The zero-order chi connectivity index (χ0) is 51.3. The van der Waals surface area contributed by atoms with Gasteiger partial charge in [-0.1, -0.05) is 310 Å². The van der Waals surface area contributed by atoms with E-state index in [4.69, 9.17) is 0 Å². The third-order valence-electron chi connectivity index (χ3n) is 13.8. The van der Waals surface area contributed by atoms with Crippen molar-refractivity contribution >= 4 is 5.91 Å². The van der Waals surface area contributed by atoms with Gasteiger partial charge in [-0.2, -0.15) is 0 Å². The number of allylic oxidation sites excluding steroid dienone is 15. The first-order valence-electron chi connectivity index (χ1n) is 31.0.